The van der Waals surface area contributed by atoms with Crippen molar-refractivity contribution in [3.63, 3.8) is 0 Å². The lowest BCUT2D eigenvalue weighted by molar-refractivity contribution is 0.179. The van der Waals surface area contributed by atoms with Crippen LogP contribution in [0.2, 0.25) is 0 Å². The van der Waals surface area contributed by atoms with E-state index in [0.717, 1.165) is 31.4 Å². The molecule has 2 heterocycles. The predicted octanol–water partition coefficient (Wildman–Crippen LogP) is 3.58. The maximum absolute atomic E-state index is 10.4. The molecule has 0 bridgehead atoms. The average molecular weight is 287 g/mol. The number of hydrogen-bond donors (Lipinski definition) is 1. The van der Waals surface area contributed by atoms with Crippen molar-refractivity contribution < 1.29 is 5.11 Å². The van der Waals surface area contributed by atoms with Crippen LogP contribution in [0.1, 0.15) is 33.9 Å². The zero-order valence-electron chi connectivity index (χ0n) is 12.1. The molecule has 0 fully saturated rings. The fourth-order valence-electron chi connectivity index (χ4n) is 2.82. The first-order valence-electron chi connectivity index (χ1n) is 7.27. The van der Waals surface area contributed by atoms with Crippen molar-refractivity contribution in [3.8, 4) is 0 Å². The van der Waals surface area contributed by atoms with Crippen molar-refractivity contribution in [2.75, 3.05) is 18.5 Å². The number of fused-ring (bicyclic) bond motifs is 1. The molecule has 1 aromatic heterocycles. The van der Waals surface area contributed by atoms with Crippen LogP contribution in [-0.4, -0.2) is 18.7 Å². The van der Waals surface area contributed by atoms with Crippen LogP contribution in [0.4, 0.5) is 5.69 Å². The molecule has 3 heteroatoms. The highest BCUT2D eigenvalue weighted by Crippen LogP contribution is 2.31. The molecule has 2 aromatic rings. The Labute approximate surface area is 124 Å². The van der Waals surface area contributed by atoms with Gasteiger partial charge in [0.15, 0.2) is 0 Å². The monoisotopic (exact) mass is 287 g/mol. The highest BCUT2D eigenvalue weighted by molar-refractivity contribution is 7.11. The number of thiophene rings is 1. The van der Waals surface area contributed by atoms with E-state index in [9.17, 15) is 5.11 Å². The summed E-state index contributed by atoms with van der Waals surface area (Å²) in [4.78, 5) is 4.94. The van der Waals surface area contributed by atoms with Crippen LogP contribution < -0.4 is 4.90 Å². The smallest absolute Gasteiger partial charge is 0.0838 e. The third-order valence-corrected chi connectivity index (χ3v) is 5.33. The van der Waals surface area contributed by atoms with Gasteiger partial charge in [-0.3, -0.25) is 0 Å². The number of likely N-dealkylation sites (N-methyl/N-ethyl adjacent to an activating group) is 1. The summed E-state index contributed by atoms with van der Waals surface area (Å²) in [5.74, 6) is 0. The van der Waals surface area contributed by atoms with Crippen LogP contribution in [-0.2, 0) is 19.3 Å². The van der Waals surface area contributed by atoms with Crippen LogP contribution in [0.15, 0.2) is 30.3 Å². The molecule has 1 unspecified atom stereocenters. The third kappa shape index (κ3) is 2.60. The van der Waals surface area contributed by atoms with Gasteiger partial charge in [0.2, 0.25) is 0 Å². The van der Waals surface area contributed by atoms with E-state index in [1.54, 1.807) is 0 Å². The van der Waals surface area contributed by atoms with E-state index in [1.165, 1.54) is 21.0 Å². The van der Waals surface area contributed by atoms with Gasteiger partial charge in [0.1, 0.15) is 0 Å². The second kappa shape index (κ2) is 5.58. The van der Waals surface area contributed by atoms with Gasteiger partial charge in [-0.2, -0.15) is 0 Å². The standard InChI is InChI=1S/C17H21NOS/c1-3-14-5-6-15(20-14)11-17(19)13-4-7-16-12(10-13)8-9-18(16)2/h4-7,10,17,19H,3,8-9,11H2,1-2H3. The van der Waals surface area contributed by atoms with E-state index in [4.69, 9.17) is 0 Å². The Morgan fingerprint density at radius 3 is 2.80 bits per heavy atom. The number of aryl methyl sites for hydroxylation is 1. The van der Waals surface area contributed by atoms with Crippen LogP contribution in [0, 0.1) is 0 Å². The summed E-state index contributed by atoms with van der Waals surface area (Å²) < 4.78 is 0. The van der Waals surface area contributed by atoms with E-state index < -0.39 is 6.10 Å². The van der Waals surface area contributed by atoms with Crippen molar-refractivity contribution >= 4 is 17.0 Å². The Hall–Kier alpha value is -1.32. The average Bonchev–Trinajstić information content (AvgIpc) is 3.05. The normalized spacial score (nSPS) is 15.4. The SMILES string of the molecule is CCc1ccc(CC(O)c2ccc3c(c2)CCN3C)s1. The molecule has 3 rings (SSSR count). The van der Waals surface area contributed by atoms with E-state index >= 15 is 0 Å². The molecular weight excluding hydrogens is 266 g/mol. The molecule has 0 amide bonds. The number of hydrogen-bond acceptors (Lipinski definition) is 3. The van der Waals surface area contributed by atoms with Gasteiger partial charge < -0.3 is 10.0 Å². The lowest BCUT2D eigenvalue weighted by Gasteiger charge is -2.14. The fourth-order valence-corrected chi connectivity index (χ4v) is 3.82. The number of benzene rings is 1. The first-order chi connectivity index (χ1) is 9.67. The molecule has 0 saturated carbocycles. The summed E-state index contributed by atoms with van der Waals surface area (Å²) in [6, 6.07) is 10.7. The summed E-state index contributed by atoms with van der Waals surface area (Å²) in [5.41, 5.74) is 3.72. The molecule has 0 saturated heterocycles. The number of nitrogens with zero attached hydrogens (tertiary/aromatic N) is 1. The van der Waals surface area contributed by atoms with Gasteiger partial charge in [-0.25, -0.2) is 0 Å². The molecule has 1 aliphatic rings. The second-order valence-corrected chi connectivity index (χ2v) is 6.75. The van der Waals surface area contributed by atoms with E-state index in [0.29, 0.717) is 0 Å². The minimum atomic E-state index is -0.394. The van der Waals surface area contributed by atoms with Gasteiger partial charge in [-0.1, -0.05) is 19.1 Å². The summed E-state index contributed by atoms with van der Waals surface area (Å²) in [5, 5.41) is 10.4. The topological polar surface area (TPSA) is 23.5 Å². The Kier molecular flexibility index (Phi) is 3.81. The molecule has 1 N–H and O–H groups in total. The summed E-state index contributed by atoms with van der Waals surface area (Å²) >= 11 is 1.81. The fraction of sp³-hybridized carbons (Fsp3) is 0.412. The molecule has 1 aliphatic heterocycles. The van der Waals surface area contributed by atoms with Crippen molar-refractivity contribution in [3.05, 3.63) is 51.2 Å². The van der Waals surface area contributed by atoms with Gasteiger partial charge in [0.25, 0.3) is 0 Å². The van der Waals surface area contributed by atoms with E-state index in [-0.39, 0.29) is 0 Å². The number of rotatable bonds is 4. The zero-order valence-corrected chi connectivity index (χ0v) is 12.9. The molecule has 1 atom stereocenters. The lowest BCUT2D eigenvalue weighted by Crippen LogP contribution is -2.12. The minimum Gasteiger partial charge on any atom is -0.388 e. The quantitative estimate of drug-likeness (QED) is 0.929. The Morgan fingerprint density at radius 1 is 1.25 bits per heavy atom. The Balaban J connectivity index is 1.75. The van der Waals surface area contributed by atoms with Crippen LogP contribution >= 0.6 is 11.3 Å². The second-order valence-electron chi connectivity index (χ2n) is 5.50. The van der Waals surface area contributed by atoms with Crippen molar-refractivity contribution in [2.45, 2.75) is 32.3 Å². The number of aliphatic hydroxyl groups is 1. The van der Waals surface area contributed by atoms with E-state index in [1.807, 2.05) is 11.3 Å². The molecule has 0 aliphatic carbocycles. The predicted molar refractivity (Wildman–Crippen MR) is 85.8 cm³/mol. The molecule has 106 valence electrons. The maximum atomic E-state index is 10.4. The first-order valence-corrected chi connectivity index (χ1v) is 8.08. The molecule has 2 nitrogen and oxygen atoms in total. The first kappa shape index (κ1) is 13.7. The largest absolute Gasteiger partial charge is 0.388 e. The summed E-state index contributed by atoms with van der Waals surface area (Å²) in [7, 11) is 2.12. The van der Waals surface area contributed by atoms with Gasteiger partial charge in [-0.05, 0) is 42.2 Å². The highest BCUT2D eigenvalue weighted by atomic mass is 32.1. The van der Waals surface area contributed by atoms with Crippen LogP contribution in [0.3, 0.4) is 0 Å². The molecule has 1 aromatic carbocycles. The Morgan fingerprint density at radius 2 is 2.05 bits per heavy atom. The van der Waals surface area contributed by atoms with Gasteiger partial charge in [0.05, 0.1) is 6.10 Å². The number of anilines is 1. The van der Waals surface area contributed by atoms with Gasteiger partial charge in [-0.15, -0.1) is 11.3 Å². The van der Waals surface area contributed by atoms with Crippen LogP contribution in [0.25, 0.3) is 0 Å². The lowest BCUT2D eigenvalue weighted by atomic mass is 10.0. The zero-order chi connectivity index (χ0) is 14.1. The van der Waals surface area contributed by atoms with Gasteiger partial charge >= 0.3 is 0 Å². The summed E-state index contributed by atoms with van der Waals surface area (Å²) in [6.07, 6.45) is 2.49. The highest BCUT2D eigenvalue weighted by Gasteiger charge is 2.18. The van der Waals surface area contributed by atoms with E-state index in [2.05, 4.69) is 49.2 Å². The van der Waals surface area contributed by atoms with Crippen molar-refractivity contribution in [1.82, 2.24) is 0 Å². The van der Waals surface area contributed by atoms with Crippen molar-refractivity contribution in [2.24, 2.45) is 0 Å². The van der Waals surface area contributed by atoms with Crippen molar-refractivity contribution in [1.29, 1.82) is 0 Å². The maximum Gasteiger partial charge on any atom is 0.0838 e. The molecular formula is C17H21NOS. The molecule has 0 spiro atoms. The molecule has 0 radical (unpaired) electrons. The minimum absolute atomic E-state index is 0.394. The van der Waals surface area contributed by atoms with Gasteiger partial charge in [0, 0.05) is 35.5 Å². The summed E-state index contributed by atoms with van der Waals surface area (Å²) in [6.45, 7) is 3.25. The Bertz CT molecular complexity index is 605. The third-order valence-electron chi connectivity index (χ3n) is 4.08. The number of aliphatic hydroxyl groups excluding tert-OH is 1. The molecule has 20 heavy (non-hydrogen) atoms. The van der Waals surface area contributed by atoms with Crippen LogP contribution in [0.5, 0.6) is 0 Å².